The predicted octanol–water partition coefficient (Wildman–Crippen LogP) is 3.55. The number of ether oxygens (including phenoxy) is 2. The van der Waals surface area contributed by atoms with E-state index >= 15 is 0 Å². The van der Waals surface area contributed by atoms with E-state index in [1.807, 2.05) is 13.8 Å². The van der Waals surface area contributed by atoms with E-state index in [0.29, 0.717) is 35.8 Å². The van der Waals surface area contributed by atoms with Crippen molar-refractivity contribution < 1.29 is 19.1 Å². The van der Waals surface area contributed by atoms with Gasteiger partial charge in [-0.25, -0.2) is 0 Å². The van der Waals surface area contributed by atoms with Crippen LogP contribution in [0.2, 0.25) is 0 Å². The first kappa shape index (κ1) is 17.3. The zero-order valence-corrected chi connectivity index (χ0v) is 13.7. The molecule has 4 nitrogen and oxygen atoms in total. The van der Waals surface area contributed by atoms with Crippen LogP contribution in [-0.4, -0.2) is 24.8 Å². The second kappa shape index (κ2) is 8.54. The third-order valence-corrected chi connectivity index (χ3v) is 3.14. The van der Waals surface area contributed by atoms with Gasteiger partial charge in [0.15, 0.2) is 0 Å². The summed E-state index contributed by atoms with van der Waals surface area (Å²) in [5.41, 5.74) is 0.843. The molecule has 0 N–H and O–H groups in total. The van der Waals surface area contributed by atoms with Crippen molar-refractivity contribution in [1.29, 1.82) is 0 Å². The molecule has 0 unspecified atom stereocenters. The summed E-state index contributed by atoms with van der Waals surface area (Å²) in [5, 5.41) is 0. The van der Waals surface area contributed by atoms with Crippen molar-refractivity contribution in [1.82, 2.24) is 0 Å². The van der Waals surface area contributed by atoms with Crippen molar-refractivity contribution >= 4 is 11.6 Å². The maximum absolute atomic E-state index is 12.0. The summed E-state index contributed by atoms with van der Waals surface area (Å²) in [6, 6.07) is 13.3. The average Bonchev–Trinajstić information content (AvgIpc) is 2.61. The summed E-state index contributed by atoms with van der Waals surface area (Å²) in [6.07, 6.45) is 0. The van der Waals surface area contributed by atoms with Gasteiger partial charge in [0, 0.05) is 11.1 Å². The highest BCUT2D eigenvalue weighted by molar-refractivity contribution is 6.16. The average molecular weight is 322 g/mol. The highest BCUT2D eigenvalue weighted by Crippen LogP contribution is 2.13. The van der Waals surface area contributed by atoms with E-state index in [1.54, 1.807) is 48.5 Å². The molecule has 4 heteroatoms. The molecule has 0 spiro atoms. The largest absolute Gasteiger partial charge is 0.494 e. The third-order valence-electron chi connectivity index (χ3n) is 3.14. The van der Waals surface area contributed by atoms with Gasteiger partial charge < -0.3 is 9.47 Å². The summed E-state index contributed by atoms with van der Waals surface area (Å²) < 4.78 is 10.6. The van der Waals surface area contributed by atoms with E-state index in [4.69, 9.17) is 9.47 Å². The van der Waals surface area contributed by atoms with E-state index in [0.717, 1.165) is 0 Å². The van der Waals surface area contributed by atoms with Crippen molar-refractivity contribution in [2.24, 2.45) is 0 Å². The van der Waals surface area contributed by atoms with Crippen LogP contribution in [0.15, 0.2) is 48.5 Å². The minimum Gasteiger partial charge on any atom is -0.494 e. The number of hydrogen-bond donors (Lipinski definition) is 0. The SMILES string of the molecule is CCOc1ccc(C(=O)C#CC(=O)c2ccc(OCC)cc2)cc1. The van der Waals surface area contributed by atoms with Crippen molar-refractivity contribution in [3.05, 3.63) is 59.7 Å². The number of hydrogen-bond acceptors (Lipinski definition) is 4. The Kier molecular flexibility index (Phi) is 6.16. The van der Waals surface area contributed by atoms with Gasteiger partial charge in [-0.1, -0.05) is 0 Å². The van der Waals surface area contributed by atoms with Crippen molar-refractivity contribution in [3.8, 4) is 23.3 Å². The molecule has 0 aromatic heterocycles. The summed E-state index contributed by atoms with van der Waals surface area (Å²) >= 11 is 0. The third kappa shape index (κ3) is 4.72. The molecule has 0 aliphatic carbocycles. The van der Waals surface area contributed by atoms with E-state index in [-0.39, 0.29) is 0 Å². The van der Waals surface area contributed by atoms with E-state index in [2.05, 4.69) is 11.8 Å². The Balaban J connectivity index is 2.04. The molecule has 0 fully saturated rings. The molecule has 0 heterocycles. The first-order chi connectivity index (χ1) is 11.6. The maximum atomic E-state index is 12.0. The monoisotopic (exact) mass is 322 g/mol. The highest BCUT2D eigenvalue weighted by Gasteiger charge is 2.05. The van der Waals surface area contributed by atoms with Gasteiger partial charge in [-0.3, -0.25) is 9.59 Å². The van der Waals surface area contributed by atoms with Crippen LogP contribution in [0.5, 0.6) is 11.5 Å². The quantitative estimate of drug-likeness (QED) is 0.464. The zero-order chi connectivity index (χ0) is 17.4. The molecule has 2 aromatic carbocycles. The Morgan fingerprint density at radius 1 is 0.708 bits per heavy atom. The smallest absolute Gasteiger partial charge is 0.236 e. The predicted molar refractivity (Wildman–Crippen MR) is 91.7 cm³/mol. The first-order valence-corrected chi connectivity index (χ1v) is 7.70. The fraction of sp³-hybridized carbons (Fsp3) is 0.200. The highest BCUT2D eigenvalue weighted by atomic mass is 16.5. The number of rotatable bonds is 6. The van der Waals surface area contributed by atoms with Gasteiger partial charge in [-0.05, 0) is 74.2 Å². The molecule has 0 aliphatic rings. The van der Waals surface area contributed by atoms with Crippen molar-refractivity contribution in [2.75, 3.05) is 13.2 Å². The Labute approximate surface area is 141 Å². The van der Waals surface area contributed by atoms with E-state index in [9.17, 15) is 9.59 Å². The van der Waals surface area contributed by atoms with E-state index in [1.165, 1.54) is 0 Å². The van der Waals surface area contributed by atoms with Gasteiger partial charge >= 0.3 is 0 Å². The summed E-state index contributed by atoms with van der Waals surface area (Å²) in [5.74, 6) is 5.32. The number of carbonyl (C=O) groups excluding carboxylic acids is 2. The molecule has 0 aliphatic heterocycles. The standard InChI is InChI=1S/C20H18O4/c1-3-23-17-9-5-15(6-10-17)19(21)13-14-20(22)16-7-11-18(12-8-16)24-4-2/h5-12H,3-4H2,1-2H3. The molecule has 2 aromatic rings. The number of Topliss-reactive ketones (excluding diaryl/α,β-unsaturated/α-hetero) is 2. The molecular formula is C20H18O4. The maximum Gasteiger partial charge on any atom is 0.236 e. The van der Waals surface area contributed by atoms with Crippen LogP contribution in [0.3, 0.4) is 0 Å². The second-order valence-electron chi connectivity index (χ2n) is 4.82. The van der Waals surface area contributed by atoms with Crippen LogP contribution in [0.25, 0.3) is 0 Å². The van der Waals surface area contributed by atoms with Gasteiger partial charge in [0.05, 0.1) is 13.2 Å². The summed E-state index contributed by atoms with van der Waals surface area (Å²) in [7, 11) is 0. The molecular weight excluding hydrogens is 304 g/mol. The molecule has 122 valence electrons. The lowest BCUT2D eigenvalue weighted by molar-refractivity contribution is 0.103. The second-order valence-corrected chi connectivity index (χ2v) is 4.82. The zero-order valence-electron chi connectivity index (χ0n) is 13.7. The normalized spacial score (nSPS) is 9.58. The fourth-order valence-electron chi connectivity index (χ4n) is 2.00. The molecule has 24 heavy (non-hydrogen) atoms. The molecule has 2 rings (SSSR count). The minimum atomic E-state index is -0.405. The fourth-order valence-corrected chi connectivity index (χ4v) is 2.00. The van der Waals surface area contributed by atoms with Gasteiger partial charge in [-0.2, -0.15) is 0 Å². The summed E-state index contributed by atoms with van der Waals surface area (Å²) in [6.45, 7) is 4.89. The van der Waals surface area contributed by atoms with Gasteiger partial charge in [0.25, 0.3) is 0 Å². The Morgan fingerprint density at radius 2 is 1.04 bits per heavy atom. The topological polar surface area (TPSA) is 52.6 Å². The Bertz CT molecular complexity index is 697. The van der Waals surface area contributed by atoms with Crippen LogP contribution in [-0.2, 0) is 0 Å². The molecule has 0 saturated heterocycles. The van der Waals surface area contributed by atoms with E-state index < -0.39 is 11.6 Å². The molecule has 0 atom stereocenters. The van der Waals surface area contributed by atoms with Crippen LogP contribution in [0.4, 0.5) is 0 Å². The lowest BCUT2D eigenvalue weighted by atomic mass is 10.1. The van der Waals surface area contributed by atoms with Gasteiger partial charge in [0.2, 0.25) is 11.6 Å². The van der Waals surface area contributed by atoms with Crippen molar-refractivity contribution in [3.63, 3.8) is 0 Å². The Morgan fingerprint density at radius 3 is 1.33 bits per heavy atom. The van der Waals surface area contributed by atoms with Crippen LogP contribution >= 0.6 is 0 Å². The first-order valence-electron chi connectivity index (χ1n) is 7.70. The molecule has 0 radical (unpaired) electrons. The lowest BCUT2D eigenvalue weighted by Gasteiger charge is -2.02. The minimum absolute atomic E-state index is 0.405. The molecule has 0 bridgehead atoms. The molecule has 0 saturated carbocycles. The number of ketones is 2. The number of carbonyl (C=O) groups is 2. The van der Waals surface area contributed by atoms with Crippen LogP contribution in [0, 0.1) is 11.8 Å². The van der Waals surface area contributed by atoms with Crippen LogP contribution < -0.4 is 9.47 Å². The van der Waals surface area contributed by atoms with Gasteiger partial charge in [-0.15, -0.1) is 0 Å². The number of benzene rings is 2. The van der Waals surface area contributed by atoms with Gasteiger partial charge in [0.1, 0.15) is 11.5 Å². The Hall–Kier alpha value is -3.06. The summed E-state index contributed by atoms with van der Waals surface area (Å²) in [4.78, 5) is 24.0. The van der Waals surface area contributed by atoms with Crippen molar-refractivity contribution in [2.45, 2.75) is 13.8 Å². The molecule has 0 amide bonds. The van der Waals surface area contributed by atoms with Crippen LogP contribution in [0.1, 0.15) is 34.6 Å². The lowest BCUT2D eigenvalue weighted by Crippen LogP contribution is -2.00.